The molecular weight excluding hydrogens is 268 g/mol. The van der Waals surface area contributed by atoms with Crippen molar-refractivity contribution in [2.75, 3.05) is 23.3 Å². The molecule has 0 bridgehead atoms. The number of rotatable bonds is 3. The quantitative estimate of drug-likeness (QED) is 0.892. The topological polar surface area (TPSA) is 69.6 Å². The molecule has 0 spiro atoms. The summed E-state index contributed by atoms with van der Waals surface area (Å²) in [6.07, 6.45) is 0.366. The number of nitrogens with one attached hydrogen (secondary N) is 1. The number of nitrogens with zero attached hydrogens (tertiary/aromatic N) is 1. The number of aliphatic carboxylic acids is 1. The van der Waals surface area contributed by atoms with Crippen molar-refractivity contribution < 1.29 is 14.7 Å². The SMILES string of the molecule is Cc1cc(Cl)cc2c1NC(=O)CCN2CCC(=O)O. The van der Waals surface area contributed by atoms with Gasteiger partial charge in [-0.25, -0.2) is 0 Å². The van der Waals surface area contributed by atoms with Crippen molar-refractivity contribution in [3.05, 3.63) is 22.7 Å². The third-order valence-electron chi connectivity index (χ3n) is 3.09. The highest BCUT2D eigenvalue weighted by Gasteiger charge is 2.21. The maximum atomic E-state index is 11.7. The fourth-order valence-corrected chi connectivity index (χ4v) is 2.43. The number of amides is 1. The first kappa shape index (κ1) is 13.7. The van der Waals surface area contributed by atoms with Crippen LogP contribution in [0.25, 0.3) is 0 Å². The zero-order valence-electron chi connectivity index (χ0n) is 10.6. The van der Waals surface area contributed by atoms with Crippen LogP contribution in [0.3, 0.4) is 0 Å². The lowest BCUT2D eigenvalue weighted by atomic mass is 10.1. The zero-order valence-corrected chi connectivity index (χ0v) is 11.3. The number of fused-ring (bicyclic) bond motifs is 1. The van der Waals surface area contributed by atoms with E-state index < -0.39 is 5.97 Å². The summed E-state index contributed by atoms with van der Waals surface area (Å²) in [6.45, 7) is 2.72. The van der Waals surface area contributed by atoms with Gasteiger partial charge in [0.1, 0.15) is 0 Å². The van der Waals surface area contributed by atoms with E-state index in [-0.39, 0.29) is 12.3 Å². The highest BCUT2D eigenvalue weighted by atomic mass is 35.5. The summed E-state index contributed by atoms with van der Waals surface area (Å²) in [4.78, 5) is 24.3. The summed E-state index contributed by atoms with van der Waals surface area (Å²) < 4.78 is 0. The minimum absolute atomic E-state index is 0.0270. The summed E-state index contributed by atoms with van der Waals surface area (Å²) in [7, 11) is 0. The number of carboxylic acid groups (broad SMARTS) is 1. The highest BCUT2D eigenvalue weighted by Crippen LogP contribution is 2.34. The van der Waals surface area contributed by atoms with E-state index in [9.17, 15) is 9.59 Å². The fraction of sp³-hybridized carbons (Fsp3) is 0.385. The monoisotopic (exact) mass is 282 g/mol. The Labute approximate surface area is 116 Å². The van der Waals surface area contributed by atoms with Gasteiger partial charge in [0, 0.05) is 24.5 Å². The van der Waals surface area contributed by atoms with Crippen LogP contribution in [0.2, 0.25) is 5.02 Å². The lowest BCUT2D eigenvalue weighted by molar-refractivity contribution is -0.136. The van der Waals surface area contributed by atoms with E-state index in [0.717, 1.165) is 16.9 Å². The third-order valence-corrected chi connectivity index (χ3v) is 3.31. The molecule has 1 aliphatic rings. The Morgan fingerprint density at radius 1 is 1.53 bits per heavy atom. The molecule has 1 heterocycles. The largest absolute Gasteiger partial charge is 0.481 e. The van der Waals surface area contributed by atoms with Crippen molar-refractivity contribution in [3.63, 3.8) is 0 Å². The molecule has 2 rings (SSSR count). The van der Waals surface area contributed by atoms with Crippen LogP contribution < -0.4 is 10.2 Å². The van der Waals surface area contributed by atoms with Crippen molar-refractivity contribution >= 4 is 34.9 Å². The van der Waals surface area contributed by atoms with Gasteiger partial charge >= 0.3 is 5.97 Å². The first-order valence-corrected chi connectivity index (χ1v) is 6.42. The van der Waals surface area contributed by atoms with Crippen molar-refractivity contribution in [1.29, 1.82) is 0 Å². The van der Waals surface area contributed by atoms with Gasteiger partial charge in [0.2, 0.25) is 5.91 Å². The number of carboxylic acids is 1. The van der Waals surface area contributed by atoms with Gasteiger partial charge < -0.3 is 15.3 Å². The first-order valence-electron chi connectivity index (χ1n) is 6.04. The summed E-state index contributed by atoms with van der Waals surface area (Å²) in [6, 6.07) is 3.54. The second-order valence-corrected chi connectivity index (χ2v) is 4.98. The molecule has 2 N–H and O–H groups in total. The number of benzene rings is 1. The van der Waals surface area contributed by atoms with Gasteiger partial charge in [0.25, 0.3) is 0 Å². The van der Waals surface area contributed by atoms with Crippen molar-refractivity contribution in [2.24, 2.45) is 0 Å². The van der Waals surface area contributed by atoms with Crippen LogP contribution in [-0.2, 0) is 9.59 Å². The number of hydrogen-bond donors (Lipinski definition) is 2. The van der Waals surface area contributed by atoms with Crippen LogP contribution >= 0.6 is 11.6 Å². The van der Waals surface area contributed by atoms with E-state index in [0.29, 0.717) is 24.5 Å². The second kappa shape index (κ2) is 5.48. The van der Waals surface area contributed by atoms with Crippen molar-refractivity contribution in [1.82, 2.24) is 0 Å². The molecule has 0 fully saturated rings. The molecule has 0 aromatic heterocycles. The van der Waals surface area contributed by atoms with Gasteiger partial charge in [0.15, 0.2) is 0 Å². The van der Waals surface area contributed by atoms with Crippen LogP contribution in [0.1, 0.15) is 18.4 Å². The summed E-state index contributed by atoms with van der Waals surface area (Å²) >= 11 is 6.04. The van der Waals surface area contributed by atoms with Gasteiger partial charge in [-0.2, -0.15) is 0 Å². The summed E-state index contributed by atoms with van der Waals surface area (Å²) in [5.41, 5.74) is 2.38. The normalized spacial score (nSPS) is 14.6. The van der Waals surface area contributed by atoms with Crippen molar-refractivity contribution in [3.8, 4) is 0 Å². The Morgan fingerprint density at radius 2 is 2.26 bits per heavy atom. The number of anilines is 2. The van der Waals surface area contributed by atoms with Crippen LogP contribution in [-0.4, -0.2) is 30.1 Å². The van der Waals surface area contributed by atoms with E-state index in [1.807, 2.05) is 11.8 Å². The summed E-state index contributed by atoms with van der Waals surface area (Å²) in [5, 5.41) is 12.2. The number of carbonyl (C=O) groups is 2. The molecule has 6 heteroatoms. The van der Waals surface area contributed by atoms with Gasteiger partial charge in [0.05, 0.1) is 17.8 Å². The van der Waals surface area contributed by atoms with Crippen LogP contribution in [0.15, 0.2) is 12.1 Å². The minimum Gasteiger partial charge on any atom is -0.481 e. The molecule has 0 saturated carbocycles. The minimum atomic E-state index is -0.858. The molecule has 1 aliphatic heterocycles. The predicted molar refractivity (Wildman–Crippen MR) is 73.9 cm³/mol. The summed E-state index contributed by atoms with van der Waals surface area (Å²) in [5.74, 6) is -0.923. The molecule has 1 aromatic carbocycles. The first-order chi connectivity index (χ1) is 8.97. The Kier molecular flexibility index (Phi) is 3.95. The molecule has 0 atom stereocenters. The Hall–Kier alpha value is -1.75. The smallest absolute Gasteiger partial charge is 0.305 e. The lowest BCUT2D eigenvalue weighted by Crippen LogP contribution is -2.27. The Bertz CT molecular complexity index is 531. The highest BCUT2D eigenvalue weighted by molar-refractivity contribution is 6.31. The molecule has 1 aromatic rings. The predicted octanol–water partition coefficient (Wildman–Crippen LogP) is 2.27. The fourth-order valence-electron chi connectivity index (χ4n) is 2.16. The average Bonchev–Trinajstić information content (AvgIpc) is 2.47. The maximum absolute atomic E-state index is 11.7. The van der Waals surface area contributed by atoms with Gasteiger partial charge in [-0.3, -0.25) is 9.59 Å². The molecular formula is C13H15ClN2O3. The molecule has 0 unspecified atom stereocenters. The van der Waals surface area contributed by atoms with E-state index in [2.05, 4.69) is 5.32 Å². The van der Waals surface area contributed by atoms with E-state index in [1.54, 1.807) is 12.1 Å². The van der Waals surface area contributed by atoms with Crippen LogP contribution in [0.4, 0.5) is 11.4 Å². The maximum Gasteiger partial charge on any atom is 0.305 e. The number of aryl methyl sites for hydroxylation is 1. The molecule has 0 radical (unpaired) electrons. The van der Waals surface area contributed by atoms with Crippen LogP contribution in [0, 0.1) is 6.92 Å². The number of carbonyl (C=O) groups excluding carboxylic acids is 1. The molecule has 0 saturated heterocycles. The molecule has 0 aliphatic carbocycles. The third kappa shape index (κ3) is 3.17. The molecule has 19 heavy (non-hydrogen) atoms. The van der Waals surface area contributed by atoms with E-state index in [4.69, 9.17) is 16.7 Å². The van der Waals surface area contributed by atoms with Gasteiger partial charge in [-0.1, -0.05) is 11.6 Å². The Morgan fingerprint density at radius 3 is 2.95 bits per heavy atom. The standard InChI is InChI=1S/C13H15ClN2O3/c1-8-6-9(14)7-10-13(8)15-11(17)2-4-16(10)5-3-12(18)19/h6-7H,2-5H2,1H3,(H,15,17)(H,18,19). The zero-order chi connectivity index (χ0) is 14.0. The number of hydrogen-bond acceptors (Lipinski definition) is 3. The molecule has 1 amide bonds. The second-order valence-electron chi connectivity index (χ2n) is 4.55. The van der Waals surface area contributed by atoms with Gasteiger partial charge in [-0.05, 0) is 24.6 Å². The van der Waals surface area contributed by atoms with Crippen LogP contribution in [0.5, 0.6) is 0 Å². The van der Waals surface area contributed by atoms with E-state index in [1.165, 1.54) is 0 Å². The number of halogens is 1. The van der Waals surface area contributed by atoms with Gasteiger partial charge in [-0.15, -0.1) is 0 Å². The van der Waals surface area contributed by atoms with Crippen molar-refractivity contribution in [2.45, 2.75) is 19.8 Å². The lowest BCUT2D eigenvalue weighted by Gasteiger charge is -2.24. The average molecular weight is 283 g/mol. The Balaban J connectivity index is 2.37. The molecule has 102 valence electrons. The molecule has 5 nitrogen and oxygen atoms in total. The van der Waals surface area contributed by atoms with E-state index >= 15 is 0 Å².